The number of anilines is 1. The highest BCUT2D eigenvalue weighted by Gasteiger charge is 2.08. The standard InChI is InChI=1S/C17H10Cl3N3OS/c18-12-5-2-11(3-6-12)16-22-23-17(25-16)21-15(24)8-4-10-1-7-13(19)9-14(10)20/h1-9H,(H,21,23,24)/b8-4+. The van der Waals surface area contributed by atoms with Crippen LogP contribution in [0.2, 0.25) is 15.1 Å². The molecule has 0 fully saturated rings. The molecule has 1 aromatic heterocycles. The molecule has 0 radical (unpaired) electrons. The molecule has 4 nitrogen and oxygen atoms in total. The zero-order valence-corrected chi connectivity index (χ0v) is 15.6. The van der Waals surface area contributed by atoms with Crippen LogP contribution in [0.15, 0.2) is 48.5 Å². The van der Waals surface area contributed by atoms with E-state index in [9.17, 15) is 4.79 Å². The van der Waals surface area contributed by atoms with Gasteiger partial charge in [0.25, 0.3) is 0 Å². The monoisotopic (exact) mass is 409 g/mol. The number of amides is 1. The molecule has 0 saturated carbocycles. The molecule has 0 bridgehead atoms. The molecule has 0 aliphatic carbocycles. The molecule has 1 heterocycles. The summed E-state index contributed by atoms with van der Waals surface area (Å²) in [6, 6.07) is 12.3. The molecular formula is C17H10Cl3N3OS. The normalized spacial score (nSPS) is 11.0. The van der Waals surface area contributed by atoms with Crippen molar-refractivity contribution in [2.24, 2.45) is 0 Å². The van der Waals surface area contributed by atoms with Crippen LogP contribution in [0.5, 0.6) is 0 Å². The smallest absolute Gasteiger partial charge is 0.250 e. The van der Waals surface area contributed by atoms with Crippen LogP contribution in [0.25, 0.3) is 16.6 Å². The molecule has 0 atom stereocenters. The van der Waals surface area contributed by atoms with Gasteiger partial charge in [-0.2, -0.15) is 0 Å². The average Bonchev–Trinajstić information content (AvgIpc) is 3.03. The summed E-state index contributed by atoms with van der Waals surface area (Å²) in [5, 5.41) is 13.4. The number of carbonyl (C=O) groups excluding carboxylic acids is 1. The molecule has 0 saturated heterocycles. The lowest BCUT2D eigenvalue weighted by molar-refractivity contribution is -0.111. The second kappa shape index (κ2) is 7.97. The van der Waals surface area contributed by atoms with Gasteiger partial charge in [0.2, 0.25) is 11.0 Å². The molecule has 0 aliphatic heterocycles. The number of carbonyl (C=O) groups is 1. The van der Waals surface area contributed by atoms with E-state index in [-0.39, 0.29) is 5.91 Å². The number of rotatable bonds is 4. The van der Waals surface area contributed by atoms with Crippen molar-refractivity contribution in [3.8, 4) is 10.6 Å². The molecule has 2 aromatic carbocycles. The Morgan fingerprint density at radius 2 is 1.72 bits per heavy atom. The van der Waals surface area contributed by atoms with Gasteiger partial charge in [-0.25, -0.2) is 0 Å². The minimum Gasteiger partial charge on any atom is -0.297 e. The van der Waals surface area contributed by atoms with Gasteiger partial charge < -0.3 is 0 Å². The molecular weight excluding hydrogens is 401 g/mol. The molecule has 0 spiro atoms. The van der Waals surface area contributed by atoms with Gasteiger partial charge in [-0.1, -0.05) is 64.3 Å². The highest BCUT2D eigenvalue weighted by atomic mass is 35.5. The van der Waals surface area contributed by atoms with Crippen LogP contribution < -0.4 is 5.32 Å². The van der Waals surface area contributed by atoms with Crippen LogP contribution in [-0.2, 0) is 4.79 Å². The van der Waals surface area contributed by atoms with Crippen LogP contribution in [0, 0.1) is 0 Å². The van der Waals surface area contributed by atoms with Crippen LogP contribution in [0.1, 0.15) is 5.56 Å². The summed E-state index contributed by atoms with van der Waals surface area (Å²) in [7, 11) is 0. The van der Waals surface area contributed by atoms with E-state index in [1.54, 1.807) is 36.4 Å². The summed E-state index contributed by atoms with van der Waals surface area (Å²) in [5.41, 5.74) is 1.58. The third-order valence-electron chi connectivity index (χ3n) is 3.12. The number of hydrogen-bond donors (Lipinski definition) is 1. The molecule has 3 rings (SSSR count). The third kappa shape index (κ3) is 4.80. The Morgan fingerprint density at radius 3 is 2.44 bits per heavy atom. The van der Waals surface area contributed by atoms with E-state index in [1.165, 1.54) is 17.4 Å². The number of nitrogens with zero attached hydrogens (tertiary/aromatic N) is 2. The number of nitrogens with one attached hydrogen (secondary N) is 1. The van der Waals surface area contributed by atoms with Crippen molar-refractivity contribution >= 4 is 63.3 Å². The second-order valence-electron chi connectivity index (χ2n) is 4.91. The first kappa shape index (κ1) is 17.9. The quantitative estimate of drug-likeness (QED) is 0.552. The van der Waals surface area contributed by atoms with Crippen molar-refractivity contribution in [3.05, 3.63) is 69.2 Å². The van der Waals surface area contributed by atoms with Crippen molar-refractivity contribution in [2.75, 3.05) is 5.32 Å². The first-order valence-corrected chi connectivity index (χ1v) is 9.00. The summed E-state index contributed by atoms with van der Waals surface area (Å²) in [6.45, 7) is 0. The predicted octanol–water partition coefficient (Wildman–Crippen LogP) is 5.82. The van der Waals surface area contributed by atoms with Crippen molar-refractivity contribution in [1.82, 2.24) is 10.2 Å². The summed E-state index contributed by atoms with van der Waals surface area (Å²) < 4.78 is 0. The van der Waals surface area contributed by atoms with E-state index in [2.05, 4.69) is 15.5 Å². The maximum atomic E-state index is 12.0. The van der Waals surface area contributed by atoms with E-state index in [4.69, 9.17) is 34.8 Å². The van der Waals surface area contributed by atoms with E-state index in [0.717, 1.165) is 5.56 Å². The fourth-order valence-corrected chi connectivity index (χ4v) is 3.28. The highest BCUT2D eigenvalue weighted by molar-refractivity contribution is 7.18. The fraction of sp³-hybridized carbons (Fsp3) is 0. The molecule has 25 heavy (non-hydrogen) atoms. The van der Waals surface area contributed by atoms with Crippen LogP contribution in [0.4, 0.5) is 5.13 Å². The number of hydrogen-bond acceptors (Lipinski definition) is 4. The van der Waals surface area contributed by atoms with Gasteiger partial charge in [-0.15, -0.1) is 10.2 Å². The van der Waals surface area contributed by atoms with Gasteiger partial charge in [0, 0.05) is 26.7 Å². The van der Waals surface area contributed by atoms with E-state index in [1.807, 2.05) is 12.1 Å². The lowest BCUT2D eigenvalue weighted by Gasteiger charge is -1.99. The number of benzene rings is 2. The largest absolute Gasteiger partial charge is 0.297 e. The topological polar surface area (TPSA) is 54.9 Å². The molecule has 3 aromatic rings. The predicted molar refractivity (Wildman–Crippen MR) is 104 cm³/mol. The van der Waals surface area contributed by atoms with Crippen molar-refractivity contribution < 1.29 is 4.79 Å². The zero-order chi connectivity index (χ0) is 17.8. The van der Waals surface area contributed by atoms with Gasteiger partial charge in [0.1, 0.15) is 5.01 Å². The maximum Gasteiger partial charge on any atom is 0.250 e. The first-order valence-electron chi connectivity index (χ1n) is 7.05. The van der Waals surface area contributed by atoms with Crippen LogP contribution >= 0.6 is 46.1 Å². The van der Waals surface area contributed by atoms with Gasteiger partial charge in [-0.3, -0.25) is 10.1 Å². The summed E-state index contributed by atoms with van der Waals surface area (Å²) in [5.74, 6) is -0.329. The Hall–Kier alpha value is -1.92. The van der Waals surface area contributed by atoms with E-state index >= 15 is 0 Å². The van der Waals surface area contributed by atoms with Gasteiger partial charge in [-0.05, 0) is 35.9 Å². The van der Waals surface area contributed by atoms with Crippen LogP contribution in [0.3, 0.4) is 0 Å². The van der Waals surface area contributed by atoms with E-state index < -0.39 is 0 Å². The fourth-order valence-electron chi connectivity index (χ4n) is 1.93. The van der Waals surface area contributed by atoms with Crippen molar-refractivity contribution in [3.63, 3.8) is 0 Å². The Labute approximate surface area is 163 Å². The Morgan fingerprint density at radius 1 is 1.00 bits per heavy atom. The Balaban J connectivity index is 1.67. The SMILES string of the molecule is O=C(/C=C/c1ccc(Cl)cc1Cl)Nc1nnc(-c2ccc(Cl)cc2)s1. The zero-order valence-electron chi connectivity index (χ0n) is 12.5. The molecule has 0 aliphatic rings. The molecule has 1 amide bonds. The minimum atomic E-state index is -0.329. The summed E-state index contributed by atoms with van der Waals surface area (Å²) in [6.07, 6.45) is 2.98. The van der Waals surface area contributed by atoms with E-state index in [0.29, 0.717) is 30.8 Å². The average molecular weight is 411 g/mol. The molecule has 1 N–H and O–H groups in total. The van der Waals surface area contributed by atoms with Crippen LogP contribution in [-0.4, -0.2) is 16.1 Å². The minimum absolute atomic E-state index is 0.329. The molecule has 0 unspecified atom stereocenters. The number of aromatic nitrogens is 2. The van der Waals surface area contributed by atoms with Crippen molar-refractivity contribution in [1.29, 1.82) is 0 Å². The Bertz CT molecular complexity index is 939. The second-order valence-corrected chi connectivity index (χ2v) is 7.17. The van der Waals surface area contributed by atoms with Crippen molar-refractivity contribution in [2.45, 2.75) is 0 Å². The van der Waals surface area contributed by atoms with Gasteiger partial charge in [0.05, 0.1) is 0 Å². The van der Waals surface area contributed by atoms with Gasteiger partial charge in [0.15, 0.2) is 0 Å². The summed E-state index contributed by atoms with van der Waals surface area (Å²) >= 11 is 19.0. The lowest BCUT2D eigenvalue weighted by atomic mass is 10.2. The van der Waals surface area contributed by atoms with Gasteiger partial charge >= 0.3 is 0 Å². The Kier molecular flexibility index (Phi) is 5.71. The lowest BCUT2D eigenvalue weighted by Crippen LogP contribution is -2.07. The third-order valence-corrected chi connectivity index (χ3v) is 4.83. The number of halogens is 3. The highest BCUT2D eigenvalue weighted by Crippen LogP contribution is 2.27. The molecule has 8 heteroatoms. The molecule has 126 valence electrons. The first-order chi connectivity index (χ1) is 12.0. The maximum absolute atomic E-state index is 12.0. The summed E-state index contributed by atoms with van der Waals surface area (Å²) in [4.78, 5) is 12.0.